The topological polar surface area (TPSA) is 38.3 Å². The summed E-state index contributed by atoms with van der Waals surface area (Å²) in [5.41, 5.74) is 0. The van der Waals surface area contributed by atoms with Gasteiger partial charge in [-0.15, -0.1) is 0 Å². The second-order valence-electron chi connectivity index (χ2n) is 2.21. The van der Waals surface area contributed by atoms with Gasteiger partial charge in [0.15, 0.2) is 0 Å². The van der Waals surface area contributed by atoms with Crippen LogP contribution in [-0.4, -0.2) is 17.1 Å². The van der Waals surface area contributed by atoms with Gasteiger partial charge in [-0.05, 0) is 12.5 Å². The van der Waals surface area contributed by atoms with Gasteiger partial charge < -0.3 is 10.1 Å². The van der Waals surface area contributed by atoms with Crippen LogP contribution in [-0.2, 0) is 4.74 Å². The quantitative estimate of drug-likeness (QED) is 0.364. The van der Waals surface area contributed by atoms with Crippen molar-refractivity contribution in [1.29, 1.82) is 0 Å². The lowest BCUT2D eigenvalue weighted by atomic mass is 10.3. The third-order valence-corrected chi connectivity index (χ3v) is 1.67. The van der Waals surface area contributed by atoms with Gasteiger partial charge in [-0.3, -0.25) is 0 Å². The van der Waals surface area contributed by atoms with Gasteiger partial charge in [-0.2, -0.15) is 0 Å². The Morgan fingerprint density at radius 3 is 3.00 bits per heavy atom. The molecular formula is C8H14INO2. The van der Waals surface area contributed by atoms with Crippen LogP contribution in [0.25, 0.3) is 0 Å². The summed E-state index contributed by atoms with van der Waals surface area (Å²) in [6.45, 7) is 2.76. The summed E-state index contributed by atoms with van der Waals surface area (Å²) < 4.78 is 5.54. The highest BCUT2D eigenvalue weighted by Gasteiger charge is 1.95. The molecule has 0 saturated carbocycles. The largest absolute Gasteiger partial charge is 0.419 e. The molecule has 0 saturated heterocycles. The van der Waals surface area contributed by atoms with E-state index in [0.717, 1.165) is 17.3 Å². The molecule has 0 aliphatic heterocycles. The number of unbranched alkanes of at least 4 members (excludes halogenated alkanes) is 1. The number of carbonyl (C=O) groups excluding carboxylic acids is 1. The van der Waals surface area contributed by atoms with Crippen LogP contribution < -0.4 is 5.32 Å². The van der Waals surface area contributed by atoms with Crippen molar-refractivity contribution in [2.45, 2.75) is 19.8 Å². The minimum absolute atomic E-state index is 0.371. The smallest absolute Gasteiger partial charge is 0.411 e. The van der Waals surface area contributed by atoms with Crippen LogP contribution >= 0.6 is 22.6 Å². The molecule has 0 unspecified atom stereocenters. The van der Waals surface area contributed by atoms with Crippen LogP contribution in [0.5, 0.6) is 0 Å². The van der Waals surface area contributed by atoms with Gasteiger partial charge in [0, 0.05) is 11.0 Å². The fourth-order valence-electron chi connectivity index (χ4n) is 0.555. The van der Waals surface area contributed by atoms with Crippen molar-refractivity contribution < 1.29 is 9.53 Å². The maximum atomic E-state index is 10.8. The van der Waals surface area contributed by atoms with Crippen molar-refractivity contribution >= 4 is 28.7 Å². The zero-order valence-electron chi connectivity index (χ0n) is 7.18. The molecule has 0 radical (unpaired) electrons. The zero-order chi connectivity index (χ0) is 9.23. The van der Waals surface area contributed by atoms with Crippen LogP contribution in [0.1, 0.15) is 19.8 Å². The van der Waals surface area contributed by atoms with Crippen molar-refractivity contribution in [3.8, 4) is 0 Å². The summed E-state index contributed by atoms with van der Waals surface area (Å²) >= 11 is 2.17. The first kappa shape index (κ1) is 11.7. The van der Waals surface area contributed by atoms with E-state index in [2.05, 4.69) is 34.8 Å². The fourth-order valence-corrected chi connectivity index (χ4v) is 0.763. The molecule has 1 amide bonds. The van der Waals surface area contributed by atoms with Crippen LogP contribution in [0.3, 0.4) is 0 Å². The molecule has 12 heavy (non-hydrogen) atoms. The summed E-state index contributed by atoms with van der Waals surface area (Å²) in [4.78, 5) is 10.8. The highest BCUT2D eigenvalue weighted by molar-refractivity contribution is 14.1. The highest BCUT2D eigenvalue weighted by Crippen LogP contribution is 1.87. The molecule has 0 spiro atoms. The van der Waals surface area contributed by atoms with E-state index in [1.165, 1.54) is 6.26 Å². The first-order valence-electron chi connectivity index (χ1n) is 3.96. The minimum Gasteiger partial charge on any atom is -0.419 e. The average molecular weight is 283 g/mol. The summed E-state index contributed by atoms with van der Waals surface area (Å²) in [5, 5.41) is 2.63. The van der Waals surface area contributed by atoms with E-state index >= 15 is 0 Å². The molecule has 0 heterocycles. The number of hydrogen-bond donors (Lipinski definition) is 1. The van der Waals surface area contributed by atoms with Gasteiger partial charge in [0.25, 0.3) is 0 Å². The average Bonchev–Trinajstić information content (AvgIpc) is 2.06. The fraction of sp³-hybridized carbons (Fsp3) is 0.625. The first-order chi connectivity index (χ1) is 5.81. The van der Waals surface area contributed by atoms with Crippen LogP contribution in [0.2, 0.25) is 0 Å². The lowest BCUT2D eigenvalue weighted by Crippen LogP contribution is -2.23. The second-order valence-corrected chi connectivity index (χ2v) is 3.09. The van der Waals surface area contributed by atoms with Gasteiger partial charge in [-0.25, -0.2) is 4.79 Å². The number of amides is 1. The van der Waals surface area contributed by atoms with E-state index < -0.39 is 0 Å². The first-order valence-corrected chi connectivity index (χ1v) is 5.49. The van der Waals surface area contributed by atoms with Crippen molar-refractivity contribution in [2.24, 2.45) is 0 Å². The molecule has 0 aromatic heterocycles. The number of halogens is 1. The van der Waals surface area contributed by atoms with E-state index in [0.29, 0.717) is 6.54 Å². The third-order valence-electron chi connectivity index (χ3n) is 1.16. The van der Waals surface area contributed by atoms with Gasteiger partial charge in [0.05, 0.1) is 6.26 Å². The van der Waals surface area contributed by atoms with Crippen LogP contribution in [0.4, 0.5) is 4.79 Å². The second kappa shape index (κ2) is 8.83. The predicted octanol–water partition coefficient (Wildman–Crippen LogP) is 2.46. The summed E-state index contributed by atoms with van der Waals surface area (Å²) in [6, 6.07) is 0. The molecule has 4 heteroatoms. The third kappa shape index (κ3) is 7.84. The van der Waals surface area contributed by atoms with Gasteiger partial charge in [-0.1, -0.05) is 35.9 Å². The molecule has 3 nitrogen and oxygen atoms in total. The molecule has 0 aromatic carbocycles. The molecule has 0 atom stereocenters. The monoisotopic (exact) mass is 283 g/mol. The van der Waals surface area contributed by atoms with Crippen molar-refractivity contribution in [3.05, 3.63) is 12.3 Å². The van der Waals surface area contributed by atoms with Crippen molar-refractivity contribution in [3.63, 3.8) is 0 Å². The number of rotatable bonds is 5. The normalized spacial score (nSPS) is 10.2. The maximum Gasteiger partial charge on any atom is 0.411 e. The summed E-state index contributed by atoms with van der Waals surface area (Å²) in [6.07, 6.45) is 4.88. The Morgan fingerprint density at radius 2 is 2.42 bits per heavy atom. The minimum atomic E-state index is -0.371. The Hall–Kier alpha value is -0.260. The molecule has 70 valence electrons. The van der Waals surface area contributed by atoms with E-state index in [-0.39, 0.29) is 6.09 Å². The van der Waals surface area contributed by atoms with Crippen LogP contribution in [0.15, 0.2) is 12.3 Å². The van der Waals surface area contributed by atoms with E-state index in [1.54, 1.807) is 6.08 Å². The molecule has 0 aromatic rings. The number of carbonyl (C=O) groups is 1. The summed E-state index contributed by atoms with van der Waals surface area (Å²) in [7, 11) is 0. The van der Waals surface area contributed by atoms with E-state index in [9.17, 15) is 4.79 Å². The molecular weight excluding hydrogens is 269 g/mol. The summed E-state index contributed by atoms with van der Waals surface area (Å²) in [5.74, 6) is 0. The number of ether oxygens (including phenoxy) is 1. The Morgan fingerprint density at radius 1 is 1.67 bits per heavy atom. The number of nitrogens with one attached hydrogen (secondary N) is 1. The number of hydrogen-bond acceptors (Lipinski definition) is 2. The molecule has 0 bridgehead atoms. The van der Waals surface area contributed by atoms with Gasteiger partial charge in [0.1, 0.15) is 0 Å². The van der Waals surface area contributed by atoms with Crippen molar-refractivity contribution in [1.82, 2.24) is 5.32 Å². The molecule has 0 aliphatic carbocycles. The Labute approximate surface area is 86.7 Å². The molecule has 0 fully saturated rings. The van der Waals surface area contributed by atoms with E-state index in [4.69, 9.17) is 4.74 Å². The molecule has 1 N–H and O–H groups in total. The highest BCUT2D eigenvalue weighted by atomic mass is 127. The number of allylic oxidation sites excluding steroid dienone is 1. The van der Waals surface area contributed by atoms with Gasteiger partial charge >= 0.3 is 6.09 Å². The number of alkyl halides is 1. The predicted molar refractivity (Wildman–Crippen MR) is 57.4 cm³/mol. The van der Waals surface area contributed by atoms with E-state index in [1.807, 2.05) is 0 Å². The molecule has 0 aliphatic rings. The Balaban J connectivity index is 3.27. The SMILES string of the molecule is CCCCNC(=O)OC=CCI. The Bertz CT molecular complexity index is 148. The maximum absolute atomic E-state index is 10.8. The van der Waals surface area contributed by atoms with Crippen molar-refractivity contribution in [2.75, 3.05) is 11.0 Å². The number of alkyl carbamates (subject to hydrolysis) is 1. The lowest BCUT2D eigenvalue weighted by molar-refractivity contribution is 0.185. The lowest BCUT2D eigenvalue weighted by Gasteiger charge is -2.00. The molecule has 0 rings (SSSR count). The van der Waals surface area contributed by atoms with Crippen LogP contribution in [0, 0.1) is 0 Å². The Kier molecular flexibility index (Phi) is 8.64. The van der Waals surface area contributed by atoms with Gasteiger partial charge in [0.2, 0.25) is 0 Å². The standard InChI is InChI=1S/C8H14INO2/c1-2-3-6-10-8(11)12-7-4-5-9/h4,7H,2-3,5-6H2,1H3,(H,10,11). The zero-order valence-corrected chi connectivity index (χ0v) is 9.34.